The molecule has 0 aliphatic heterocycles. The Bertz CT molecular complexity index is 1200. The molecule has 1 aromatic heterocycles. The summed E-state index contributed by atoms with van der Waals surface area (Å²) >= 11 is 13.4. The van der Waals surface area contributed by atoms with Crippen LogP contribution in [0.25, 0.3) is 0 Å². The van der Waals surface area contributed by atoms with Gasteiger partial charge in [-0.3, -0.25) is 9.59 Å². The van der Waals surface area contributed by atoms with Crippen molar-refractivity contribution < 1.29 is 14.3 Å². The summed E-state index contributed by atoms with van der Waals surface area (Å²) in [6.07, 6.45) is 0. The maximum atomic E-state index is 12.9. The van der Waals surface area contributed by atoms with Crippen LogP contribution in [0.2, 0.25) is 10.0 Å². The molecule has 0 aliphatic carbocycles. The van der Waals surface area contributed by atoms with Gasteiger partial charge in [0.05, 0.1) is 29.5 Å². The van der Waals surface area contributed by atoms with E-state index in [0.717, 1.165) is 0 Å². The molecule has 0 saturated heterocycles. The van der Waals surface area contributed by atoms with Crippen molar-refractivity contribution in [2.24, 2.45) is 5.92 Å². The molecule has 0 unspecified atom stereocenters. The summed E-state index contributed by atoms with van der Waals surface area (Å²) in [5, 5.41) is 15.8. The minimum atomic E-state index is -0.415. The number of benzene rings is 2. The molecule has 0 bridgehead atoms. The molecule has 0 spiro atoms. The maximum Gasteiger partial charge on any atom is 0.253 e. The lowest BCUT2D eigenvalue weighted by Gasteiger charge is -2.22. The monoisotopic (exact) mass is 535 g/mol. The van der Waals surface area contributed by atoms with E-state index in [1.807, 2.05) is 25.3 Å². The molecule has 0 fully saturated rings. The van der Waals surface area contributed by atoms with Crippen LogP contribution in [0, 0.1) is 5.92 Å². The number of carbonyl (C=O) groups excluding carboxylic acids is 2. The Balaban J connectivity index is 1.72. The molecule has 3 rings (SSSR count). The molecule has 2 amide bonds. The number of nitrogens with one attached hydrogen (secondary N) is 2. The third-order valence-electron chi connectivity index (χ3n) is 5.15. The van der Waals surface area contributed by atoms with E-state index in [1.54, 1.807) is 43.5 Å². The van der Waals surface area contributed by atoms with Crippen molar-refractivity contribution >= 4 is 52.5 Å². The second-order valence-electron chi connectivity index (χ2n) is 7.97. The van der Waals surface area contributed by atoms with E-state index in [-0.39, 0.29) is 28.5 Å². The average molecular weight is 536 g/mol. The fraction of sp³-hybridized carbons (Fsp3) is 0.333. The molecule has 2 aromatic carbocycles. The lowest BCUT2D eigenvalue weighted by atomic mass is 10.0. The molecular weight excluding hydrogens is 509 g/mol. The first kappa shape index (κ1) is 26.8. The van der Waals surface area contributed by atoms with Gasteiger partial charge in [-0.15, -0.1) is 10.2 Å². The van der Waals surface area contributed by atoms with Crippen LogP contribution in [0.15, 0.2) is 47.6 Å². The number of hydrogen-bond donors (Lipinski definition) is 2. The molecule has 0 saturated carbocycles. The van der Waals surface area contributed by atoms with E-state index in [4.69, 9.17) is 27.9 Å². The molecule has 1 atom stereocenters. The van der Waals surface area contributed by atoms with Crippen LogP contribution in [0.1, 0.15) is 43.0 Å². The van der Waals surface area contributed by atoms with Gasteiger partial charge in [-0.25, -0.2) is 0 Å². The first-order chi connectivity index (χ1) is 16.7. The molecule has 0 aliphatic rings. The third kappa shape index (κ3) is 6.90. The van der Waals surface area contributed by atoms with Gasteiger partial charge in [-0.05, 0) is 43.2 Å². The highest BCUT2D eigenvalue weighted by atomic mass is 35.5. The molecule has 186 valence electrons. The van der Waals surface area contributed by atoms with Gasteiger partial charge < -0.3 is 19.9 Å². The largest absolute Gasteiger partial charge is 0.497 e. The van der Waals surface area contributed by atoms with E-state index in [0.29, 0.717) is 39.5 Å². The van der Waals surface area contributed by atoms with Gasteiger partial charge in [-0.1, -0.05) is 54.9 Å². The Morgan fingerprint density at radius 2 is 1.91 bits per heavy atom. The second kappa shape index (κ2) is 12.3. The maximum absolute atomic E-state index is 12.9. The van der Waals surface area contributed by atoms with Crippen LogP contribution in [0.4, 0.5) is 5.69 Å². The Labute approximate surface area is 218 Å². The highest BCUT2D eigenvalue weighted by molar-refractivity contribution is 7.99. The van der Waals surface area contributed by atoms with Crippen molar-refractivity contribution in [3.05, 3.63) is 63.9 Å². The van der Waals surface area contributed by atoms with Gasteiger partial charge >= 0.3 is 0 Å². The number of anilines is 1. The molecule has 8 nitrogen and oxygen atoms in total. The number of amides is 2. The summed E-state index contributed by atoms with van der Waals surface area (Å²) in [6.45, 7) is 6.50. The average Bonchev–Trinajstić information content (AvgIpc) is 3.23. The quantitative estimate of drug-likeness (QED) is 0.334. The Morgan fingerprint density at radius 1 is 1.14 bits per heavy atom. The van der Waals surface area contributed by atoms with Gasteiger partial charge in [0.25, 0.3) is 5.91 Å². The number of ether oxygens (including phenoxy) is 1. The standard InChI is InChI=1S/C24H27Cl2N5O3S/c1-5-31-22(21(14(2)3)28-23(33)18-10-9-15(25)11-19(18)26)29-30-24(31)35-13-20(32)27-16-7-6-8-17(12-16)34-4/h6-12,14,21H,5,13H2,1-4H3,(H,27,32)(H,28,33)/t21-/m0/s1. The van der Waals surface area contributed by atoms with Crippen molar-refractivity contribution in [3.8, 4) is 5.75 Å². The minimum Gasteiger partial charge on any atom is -0.497 e. The van der Waals surface area contributed by atoms with Crippen LogP contribution >= 0.6 is 35.0 Å². The lowest BCUT2D eigenvalue weighted by Crippen LogP contribution is -2.34. The summed E-state index contributed by atoms with van der Waals surface area (Å²) < 4.78 is 7.09. The molecule has 3 aromatic rings. The third-order valence-corrected chi connectivity index (χ3v) is 6.67. The number of thioether (sulfide) groups is 1. The lowest BCUT2D eigenvalue weighted by molar-refractivity contribution is -0.113. The van der Waals surface area contributed by atoms with Gasteiger partial charge in [0, 0.05) is 23.3 Å². The molecular formula is C24H27Cl2N5O3S. The fourth-order valence-electron chi connectivity index (χ4n) is 3.38. The number of methoxy groups -OCH3 is 1. The first-order valence-corrected chi connectivity index (χ1v) is 12.7. The molecule has 11 heteroatoms. The van der Waals surface area contributed by atoms with Crippen LogP contribution in [0.3, 0.4) is 0 Å². The molecule has 2 N–H and O–H groups in total. The zero-order valence-electron chi connectivity index (χ0n) is 19.8. The van der Waals surface area contributed by atoms with Crippen LogP contribution in [0.5, 0.6) is 5.75 Å². The first-order valence-electron chi connectivity index (χ1n) is 11.0. The molecule has 35 heavy (non-hydrogen) atoms. The van der Waals surface area contributed by atoms with Crippen molar-refractivity contribution in [1.29, 1.82) is 0 Å². The summed E-state index contributed by atoms with van der Waals surface area (Å²) in [4.78, 5) is 25.4. The van der Waals surface area contributed by atoms with Gasteiger partial charge in [0.15, 0.2) is 11.0 Å². The number of halogens is 2. The number of aromatic nitrogens is 3. The molecule has 0 radical (unpaired) electrons. The summed E-state index contributed by atoms with van der Waals surface area (Å²) in [6, 6.07) is 11.5. The SMILES string of the molecule is CCn1c(SCC(=O)Nc2cccc(OC)c2)nnc1[C@@H](NC(=O)c1ccc(Cl)cc1Cl)C(C)C. The predicted octanol–water partition coefficient (Wildman–Crippen LogP) is 5.47. The Kier molecular flexibility index (Phi) is 9.42. The predicted molar refractivity (Wildman–Crippen MR) is 140 cm³/mol. The van der Waals surface area contributed by atoms with Crippen LogP contribution in [-0.4, -0.2) is 39.4 Å². The summed E-state index contributed by atoms with van der Waals surface area (Å²) in [5.41, 5.74) is 0.976. The second-order valence-corrected chi connectivity index (χ2v) is 9.76. The molecule has 1 heterocycles. The number of nitrogens with zero attached hydrogens (tertiary/aromatic N) is 3. The number of hydrogen-bond acceptors (Lipinski definition) is 6. The van der Waals surface area contributed by atoms with Crippen molar-refractivity contribution in [1.82, 2.24) is 20.1 Å². The summed E-state index contributed by atoms with van der Waals surface area (Å²) in [5.74, 6) is 0.927. The zero-order valence-corrected chi connectivity index (χ0v) is 22.2. The highest BCUT2D eigenvalue weighted by Gasteiger charge is 2.27. The fourth-order valence-corrected chi connectivity index (χ4v) is 4.69. The van der Waals surface area contributed by atoms with E-state index < -0.39 is 6.04 Å². The van der Waals surface area contributed by atoms with Crippen molar-refractivity contribution in [2.75, 3.05) is 18.2 Å². The van der Waals surface area contributed by atoms with E-state index >= 15 is 0 Å². The summed E-state index contributed by atoms with van der Waals surface area (Å²) in [7, 11) is 1.57. The van der Waals surface area contributed by atoms with Crippen molar-refractivity contribution in [3.63, 3.8) is 0 Å². The zero-order chi connectivity index (χ0) is 25.5. The highest BCUT2D eigenvalue weighted by Crippen LogP contribution is 2.27. The van der Waals surface area contributed by atoms with Gasteiger partial charge in [-0.2, -0.15) is 0 Å². The van der Waals surface area contributed by atoms with Crippen LogP contribution < -0.4 is 15.4 Å². The van der Waals surface area contributed by atoms with E-state index in [2.05, 4.69) is 20.8 Å². The van der Waals surface area contributed by atoms with E-state index in [9.17, 15) is 9.59 Å². The number of rotatable bonds is 10. The number of carbonyl (C=O) groups is 2. The Morgan fingerprint density at radius 3 is 2.57 bits per heavy atom. The van der Waals surface area contributed by atoms with Gasteiger partial charge in [0.1, 0.15) is 5.75 Å². The van der Waals surface area contributed by atoms with E-state index in [1.165, 1.54) is 17.8 Å². The smallest absolute Gasteiger partial charge is 0.253 e. The normalized spacial score (nSPS) is 11.9. The van der Waals surface area contributed by atoms with Crippen molar-refractivity contribution in [2.45, 2.75) is 38.5 Å². The van der Waals surface area contributed by atoms with Gasteiger partial charge in [0.2, 0.25) is 5.91 Å². The van der Waals surface area contributed by atoms with Crippen LogP contribution in [-0.2, 0) is 11.3 Å². The minimum absolute atomic E-state index is 0.0220. The topological polar surface area (TPSA) is 98.1 Å². The Hall–Kier alpha value is -2.75.